The first-order valence-corrected chi connectivity index (χ1v) is 14.5. The molecule has 0 bridgehead atoms. The summed E-state index contributed by atoms with van der Waals surface area (Å²) in [7, 11) is 0. The minimum absolute atomic E-state index is 0.197. The summed E-state index contributed by atoms with van der Waals surface area (Å²) >= 11 is 14.0. The topological polar surface area (TPSA) is 75.9 Å². The van der Waals surface area contributed by atoms with E-state index in [-0.39, 0.29) is 22.7 Å². The van der Waals surface area contributed by atoms with Gasteiger partial charge in [0.05, 0.1) is 11.4 Å². The number of hydrogen-bond acceptors (Lipinski definition) is 7. The van der Waals surface area contributed by atoms with Crippen LogP contribution in [0.4, 0.5) is 10.2 Å². The molecule has 0 saturated carbocycles. The van der Waals surface area contributed by atoms with Crippen molar-refractivity contribution in [3.05, 3.63) is 68.3 Å². The first-order chi connectivity index (χ1) is 18.7. The van der Waals surface area contributed by atoms with Gasteiger partial charge in [0.1, 0.15) is 22.7 Å². The molecule has 204 valence electrons. The van der Waals surface area contributed by atoms with Gasteiger partial charge in [-0.1, -0.05) is 40.6 Å². The molecular weight excluding hydrogens is 562 g/mol. The lowest BCUT2D eigenvalue weighted by Gasteiger charge is -2.35. The van der Waals surface area contributed by atoms with Crippen LogP contribution in [-0.2, 0) is 11.2 Å². The third kappa shape index (κ3) is 4.72. The maximum atomic E-state index is 15.3. The molecule has 3 atom stereocenters. The Balaban J connectivity index is 1.28. The number of aromatic nitrogens is 4. The Bertz CT molecular complexity index is 1570. The van der Waals surface area contributed by atoms with Gasteiger partial charge in [-0.15, -0.1) is 0 Å². The molecule has 0 radical (unpaired) electrons. The number of carbonyl (C=O) groups is 1. The van der Waals surface area contributed by atoms with Crippen molar-refractivity contribution in [2.75, 3.05) is 18.1 Å². The van der Waals surface area contributed by atoms with Crippen LogP contribution in [0, 0.1) is 12.7 Å². The van der Waals surface area contributed by atoms with Crippen molar-refractivity contribution in [1.82, 2.24) is 24.5 Å². The number of hydrogen-bond donors (Lipinski definition) is 0. The van der Waals surface area contributed by atoms with E-state index in [9.17, 15) is 4.79 Å². The maximum absolute atomic E-state index is 15.3. The molecule has 39 heavy (non-hydrogen) atoms. The number of benzene rings is 1. The molecule has 1 saturated heterocycles. The van der Waals surface area contributed by atoms with Crippen LogP contribution in [0.2, 0.25) is 10.2 Å². The largest absolute Gasteiger partial charge is 0.481 e. The molecule has 1 aromatic carbocycles. The summed E-state index contributed by atoms with van der Waals surface area (Å²) < 4.78 is 22.9. The summed E-state index contributed by atoms with van der Waals surface area (Å²) in [5, 5.41) is 5.88. The van der Waals surface area contributed by atoms with Gasteiger partial charge in [-0.3, -0.25) is 4.79 Å². The molecule has 2 aliphatic heterocycles. The van der Waals surface area contributed by atoms with Crippen molar-refractivity contribution in [1.29, 1.82) is 0 Å². The van der Waals surface area contributed by atoms with Gasteiger partial charge in [-0.25, -0.2) is 18.9 Å². The van der Waals surface area contributed by atoms with Crippen LogP contribution < -0.4 is 9.64 Å². The van der Waals surface area contributed by atoms with Crippen LogP contribution in [0.3, 0.4) is 0 Å². The second kappa shape index (κ2) is 10.2. The van der Waals surface area contributed by atoms with E-state index in [1.165, 1.54) is 17.4 Å². The number of aryl methyl sites for hydroxylation is 1. The zero-order chi connectivity index (χ0) is 27.4. The Morgan fingerprint density at radius 1 is 1.15 bits per heavy atom. The number of halogens is 3. The number of pyridine rings is 1. The number of amides is 1. The zero-order valence-electron chi connectivity index (χ0n) is 21.7. The van der Waals surface area contributed by atoms with Gasteiger partial charge in [0.15, 0.2) is 17.5 Å². The third-order valence-corrected chi connectivity index (χ3v) is 8.85. The van der Waals surface area contributed by atoms with Crippen LogP contribution in [0.5, 0.6) is 5.75 Å². The first-order valence-electron chi connectivity index (χ1n) is 12.9. The van der Waals surface area contributed by atoms with Crippen LogP contribution in [0.25, 0.3) is 4.96 Å². The molecule has 5 heterocycles. The summed E-state index contributed by atoms with van der Waals surface area (Å²) in [5.41, 5.74) is 1.79. The molecule has 1 amide bonds. The average Bonchev–Trinajstić information content (AvgIpc) is 3.53. The van der Waals surface area contributed by atoms with Crippen molar-refractivity contribution in [3.63, 3.8) is 0 Å². The highest BCUT2D eigenvalue weighted by molar-refractivity contribution is 7.16. The molecule has 3 unspecified atom stereocenters. The normalized spacial score (nSPS) is 21.0. The molecule has 3 aromatic heterocycles. The lowest BCUT2D eigenvalue weighted by molar-refractivity contribution is -0.135. The quantitative estimate of drug-likeness (QED) is 0.271. The molecule has 0 spiro atoms. The predicted octanol–water partition coefficient (Wildman–Crippen LogP) is 5.87. The highest BCUT2D eigenvalue weighted by atomic mass is 35.5. The van der Waals surface area contributed by atoms with Crippen molar-refractivity contribution in [2.24, 2.45) is 0 Å². The van der Waals surface area contributed by atoms with Gasteiger partial charge in [0, 0.05) is 35.6 Å². The number of ether oxygens (including phenoxy) is 1. The molecule has 4 aromatic rings. The molecule has 1 fully saturated rings. The molecule has 0 N–H and O–H groups in total. The van der Waals surface area contributed by atoms with Crippen LogP contribution in [0.15, 0.2) is 30.3 Å². The second-order valence-corrected chi connectivity index (χ2v) is 12.0. The van der Waals surface area contributed by atoms with E-state index < -0.39 is 11.9 Å². The van der Waals surface area contributed by atoms with E-state index in [2.05, 4.69) is 28.8 Å². The Morgan fingerprint density at radius 2 is 1.92 bits per heavy atom. The van der Waals surface area contributed by atoms with Crippen LogP contribution in [0.1, 0.15) is 54.7 Å². The average molecular weight is 590 g/mol. The van der Waals surface area contributed by atoms with E-state index in [4.69, 9.17) is 32.9 Å². The SMILES string of the molecule is Cc1nn2c3c(nc2s1)CCN(C(=O)COc1ccc(N2C(C)CCC2C)nc1Cl)C3c1ccc(Cl)cc1F. The second-order valence-electron chi connectivity index (χ2n) is 10.1. The van der Waals surface area contributed by atoms with E-state index >= 15 is 4.39 Å². The predicted molar refractivity (Wildman–Crippen MR) is 150 cm³/mol. The van der Waals surface area contributed by atoms with E-state index in [1.807, 2.05) is 13.0 Å². The van der Waals surface area contributed by atoms with Gasteiger partial charge >= 0.3 is 0 Å². The fraction of sp³-hybridized carbons (Fsp3) is 0.407. The van der Waals surface area contributed by atoms with Gasteiger partial charge in [-0.2, -0.15) is 5.10 Å². The molecule has 6 rings (SSSR count). The number of anilines is 1. The maximum Gasteiger partial charge on any atom is 0.261 e. The molecule has 2 aliphatic rings. The minimum Gasteiger partial charge on any atom is -0.481 e. The minimum atomic E-state index is -0.743. The van der Waals surface area contributed by atoms with Gasteiger partial charge < -0.3 is 14.5 Å². The third-order valence-electron chi connectivity index (χ3n) is 7.52. The Morgan fingerprint density at radius 3 is 2.64 bits per heavy atom. The van der Waals surface area contributed by atoms with Gasteiger partial charge in [0.25, 0.3) is 5.91 Å². The highest BCUT2D eigenvalue weighted by Crippen LogP contribution is 2.39. The Hall–Kier alpha value is -2.95. The number of nitrogens with zero attached hydrogens (tertiary/aromatic N) is 6. The van der Waals surface area contributed by atoms with Crippen molar-refractivity contribution in [3.8, 4) is 5.75 Å². The van der Waals surface area contributed by atoms with Gasteiger partial charge in [-0.05, 0) is 57.9 Å². The van der Waals surface area contributed by atoms with E-state index in [1.54, 1.807) is 27.6 Å². The lowest BCUT2D eigenvalue weighted by Crippen LogP contribution is -2.43. The summed E-state index contributed by atoms with van der Waals surface area (Å²) in [5.74, 6) is 0.293. The summed E-state index contributed by atoms with van der Waals surface area (Å²) in [6.45, 7) is 6.30. The molecule has 0 aliphatic carbocycles. The van der Waals surface area contributed by atoms with E-state index in [0.29, 0.717) is 47.0 Å². The zero-order valence-corrected chi connectivity index (χ0v) is 24.0. The number of imidazole rings is 1. The van der Waals surface area contributed by atoms with Gasteiger partial charge in [0.2, 0.25) is 4.96 Å². The van der Waals surface area contributed by atoms with Crippen molar-refractivity contribution >= 4 is 51.2 Å². The molecular formula is C27H27Cl2FN6O2S. The van der Waals surface area contributed by atoms with E-state index in [0.717, 1.165) is 29.4 Å². The van der Waals surface area contributed by atoms with Crippen LogP contribution >= 0.6 is 34.5 Å². The Labute approximate surface area is 239 Å². The van der Waals surface area contributed by atoms with Crippen molar-refractivity contribution < 1.29 is 13.9 Å². The monoisotopic (exact) mass is 588 g/mol. The number of rotatable bonds is 5. The first kappa shape index (κ1) is 26.3. The fourth-order valence-corrected chi connectivity index (χ4v) is 6.83. The molecule has 8 nitrogen and oxygen atoms in total. The highest BCUT2D eigenvalue weighted by Gasteiger charge is 2.38. The number of carbonyl (C=O) groups excluding carboxylic acids is 1. The summed E-state index contributed by atoms with van der Waals surface area (Å²) in [4.78, 5) is 27.5. The summed E-state index contributed by atoms with van der Waals surface area (Å²) in [6.07, 6.45) is 2.72. The Kier molecular flexibility index (Phi) is 6.89. The van der Waals surface area contributed by atoms with Crippen LogP contribution in [-0.4, -0.2) is 55.6 Å². The lowest BCUT2D eigenvalue weighted by atomic mass is 9.95. The number of fused-ring (bicyclic) bond motifs is 3. The van der Waals surface area contributed by atoms with Crippen molar-refractivity contribution in [2.45, 2.75) is 58.2 Å². The smallest absolute Gasteiger partial charge is 0.261 e. The summed E-state index contributed by atoms with van der Waals surface area (Å²) in [6, 6.07) is 8.11. The standard InChI is InChI=1S/C27H27Cl2FN6O2S/c1-14-4-5-15(2)35(14)22-9-8-21(26(29)32-22)38-13-23(37)34-11-10-20-25(36-27(31-20)39-16(3)33-36)24(34)18-7-6-17(28)12-19(18)30/h6-9,12,14-15,24H,4-5,10-11,13H2,1-3H3. The molecule has 12 heteroatoms. The fourth-order valence-electron chi connectivity index (χ4n) is 5.70.